The van der Waals surface area contributed by atoms with Gasteiger partial charge in [0.05, 0.1) is 11.4 Å². The van der Waals surface area contributed by atoms with Crippen molar-refractivity contribution in [3.05, 3.63) is 58.7 Å². The average Bonchev–Trinajstić information content (AvgIpc) is 2.90. The number of amides is 1. The van der Waals surface area contributed by atoms with Crippen molar-refractivity contribution in [2.45, 2.75) is 27.2 Å². The highest BCUT2D eigenvalue weighted by atomic mass is 32.2. The van der Waals surface area contributed by atoms with Gasteiger partial charge in [0.1, 0.15) is 0 Å². The number of rotatable bonds is 3. The Morgan fingerprint density at radius 1 is 1.04 bits per heavy atom. The third-order valence-electron chi connectivity index (χ3n) is 4.43. The van der Waals surface area contributed by atoms with Crippen LogP contribution in [-0.4, -0.2) is 26.6 Å². The van der Waals surface area contributed by atoms with Crippen molar-refractivity contribution in [3.8, 4) is 0 Å². The fourth-order valence-electron chi connectivity index (χ4n) is 3.27. The Balaban J connectivity index is 1.80. The number of nitrogens with zero attached hydrogens (tertiary/aromatic N) is 1. The molecule has 5 nitrogen and oxygen atoms in total. The topological polar surface area (TPSA) is 66.5 Å². The van der Waals surface area contributed by atoms with Gasteiger partial charge in [0.2, 0.25) is 10.0 Å². The fraction of sp³-hybridized carbons (Fsp3) is 0.316. The van der Waals surface area contributed by atoms with Gasteiger partial charge in [-0.2, -0.15) is 0 Å². The van der Waals surface area contributed by atoms with Crippen LogP contribution >= 0.6 is 0 Å². The van der Waals surface area contributed by atoms with Crippen LogP contribution in [0.3, 0.4) is 0 Å². The number of nitrogens with one attached hydrogen (secondary N) is 1. The number of carbonyl (C=O) groups is 1. The number of hydrogen-bond donors (Lipinski definition) is 1. The van der Waals surface area contributed by atoms with E-state index in [2.05, 4.69) is 5.32 Å². The largest absolute Gasteiger partial charge is 0.322 e. The predicted octanol–water partition coefficient (Wildman–Crippen LogP) is 3.40. The number of carbonyl (C=O) groups excluding carboxylic acids is 1. The zero-order valence-corrected chi connectivity index (χ0v) is 15.5. The second-order valence-electron chi connectivity index (χ2n) is 6.52. The molecule has 132 valence electrons. The van der Waals surface area contributed by atoms with Crippen LogP contribution in [0.15, 0.2) is 36.4 Å². The molecule has 0 aromatic heterocycles. The molecule has 0 saturated carbocycles. The smallest absolute Gasteiger partial charge is 0.255 e. The lowest BCUT2D eigenvalue weighted by atomic mass is 10.0. The van der Waals surface area contributed by atoms with E-state index in [-0.39, 0.29) is 11.7 Å². The summed E-state index contributed by atoms with van der Waals surface area (Å²) in [4.78, 5) is 12.5. The monoisotopic (exact) mass is 358 g/mol. The predicted molar refractivity (Wildman–Crippen MR) is 101 cm³/mol. The summed E-state index contributed by atoms with van der Waals surface area (Å²) in [5.41, 5.74) is 5.12. The summed E-state index contributed by atoms with van der Waals surface area (Å²) in [7, 11) is -3.20. The van der Waals surface area contributed by atoms with Crippen molar-refractivity contribution in [2.75, 3.05) is 21.9 Å². The van der Waals surface area contributed by atoms with Crippen LogP contribution in [0.1, 0.15) is 33.5 Å². The molecule has 1 saturated heterocycles. The second kappa shape index (κ2) is 6.52. The van der Waals surface area contributed by atoms with Crippen molar-refractivity contribution in [1.82, 2.24) is 0 Å². The van der Waals surface area contributed by atoms with Crippen molar-refractivity contribution in [2.24, 2.45) is 0 Å². The molecule has 1 heterocycles. The maximum Gasteiger partial charge on any atom is 0.255 e. The number of aryl methyl sites for hydroxylation is 3. The summed E-state index contributed by atoms with van der Waals surface area (Å²) in [6, 6.07) is 10.8. The minimum absolute atomic E-state index is 0.182. The summed E-state index contributed by atoms with van der Waals surface area (Å²) in [5.74, 6) is -0.0211. The van der Waals surface area contributed by atoms with E-state index in [4.69, 9.17) is 0 Å². The summed E-state index contributed by atoms with van der Waals surface area (Å²) >= 11 is 0. The van der Waals surface area contributed by atoms with Crippen molar-refractivity contribution < 1.29 is 13.2 Å². The van der Waals surface area contributed by atoms with Crippen LogP contribution in [0.2, 0.25) is 0 Å². The van der Waals surface area contributed by atoms with Gasteiger partial charge < -0.3 is 5.32 Å². The molecular weight excluding hydrogens is 336 g/mol. The number of anilines is 2. The van der Waals surface area contributed by atoms with Gasteiger partial charge in [-0.1, -0.05) is 17.7 Å². The summed E-state index contributed by atoms with van der Waals surface area (Å²) in [6.07, 6.45) is 0.635. The summed E-state index contributed by atoms with van der Waals surface area (Å²) in [5, 5.41) is 2.96. The van der Waals surface area contributed by atoms with Gasteiger partial charge in [0, 0.05) is 17.8 Å². The van der Waals surface area contributed by atoms with E-state index in [0.717, 1.165) is 22.4 Å². The Hall–Kier alpha value is -2.34. The molecule has 1 aliphatic rings. The molecule has 1 N–H and O–H groups in total. The average molecular weight is 358 g/mol. The van der Waals surface area contributed by atoms with Gasteiger partial charge in [0.25, 0.3) is 5.91 Å². The summed E-state index contributed by atoms with van der Waals surface area (Å²) in [6.45, 7) is 6.46. The molecule has 0 radical (unpaired) electrons. The zero-order chi connectivity index (χ0) is 18.2. The van der Waals surface area contributed by atoms with Gasteiger partial charge in [0.15, 0.2) is 0 Å². The van der Waals surface area contributed by atoms with E-state index in [1.54, 1.807) is 24.3 Å². The second-order valence-corrected chi connectivity index (χ2v) is 8.53. The molecule has 6 heteroatoms. The molecule has 1 aliphatic heterocycles. The van der Waals surface area contributed by atoms with Crippen molar-refractivity contribution in [3.63, 3.8) is 0 Å². The van der Waals surface area contributed by atoms with E-state index in [1.807, 2.05) is 32.9 Å². The first-order valence-corrected chi connectivity index (χ1v) is 9.88. The minimum atomic E-state index is -3.20. The van der Waals surface area contributed by atoms with Gasteiger partial charge >= 0.3 is 0 Å². The zero-order valence-electron chi connectivity index (χ0n) is 14.7. The fourth-order valence-corrected chi connectivity index (χ4v) is 4.84. The highest BCUT2D eigenvalue weighted by Gasteiger charge is 2.28. The van der Waals surface area contributed by atoms with Crippen LogP contribution in [0.5, 0.6) is 0 Å². The molecular formula is C19H22N2O3S. The van der Waals surface area contributed by atoms with Crippen LogP contribution in [0, 0.1) is 20.8 Å². The van der Waals surface area contributed by atoms with E-state index < -0.39 is 10.0 Å². The molecule has 2 aromatic carbocycles. The highest BCUT2D eigenvalue weighted by Crippen LogP contribution is 2.25. The Labute approximate surface area is 148 Å². The maximum atomic E-state index is 12.5. The molecule has 0 unspecified atom stereocenters. The van der Waals surface area contributed by atoms with E-state index in [9.17, 15) is 13.2 Å². The third kappa shape index (κ3) is 3.54. The quantitative estimate of drug-likeness (QED) is 0.914. The lowest BCUT2D eigenvalue weighted by Crippen LogP contribution is -2.25. The molecule has 3 rings (SSSR count). The molecule has 1 amide bonds. The first-order chi connectivity index (χ1) is 11.8. The molecule has 0 bridgehead atoms. The van der Waals surface area contributed by atoms with Gasteiger partial charge in [-0.25, -0.2) is 8.42 Å². The lowest BCUT2D eigenvalue weighted by Gasteiger charge is -2.17. The first-order valence-electron chi connectivity index (χ1n) is 8.27. The Morgan fingerprint density at radius 2 is 1.64 bits per heavy atom. The normalized spacial score (nSPS) is 16.0. The Kier molecular flexibility index (Phi) is 4.56. The van der Waals surface area contributed by atoms with E-state index >= 15 is 0 Å². The van der Waals surface area contributed by atoms with E-state index in [1.165, 1.54) is 4.31 Å². The van der Waals surface area contributed by atoms with Gasteiger partial charge in [-0.15, -0.1) is 0 Å². The lowest BCUT2D eigenvalue weighted by molar-refractivity contribution is 0.102. The van der Waals surface area contributed by atoms with Crippen LogP contribution < -0.4 is 9.62 Å². The van der Waals surface area contributed by atoms with Gasteiger partial charge in [-0.3, -0.25) is 9.10 Å². The number of sulfonamides is 1. The Morgan fingerprint density at radius 3 is 2.16 bits per heavy atom. The van der Waals surface area contributed by atoms with Crippen LogP contribution in [-0.2, 0) is 10.0 Å². The minimum Gasteiger partial charge on any atom is -0.322 e. The molecule has 1 fully saturated rings. The maximum absolute atomic E-state index is 12.5. The van der Waals surface area contributed by atoms with Crippen molar-refractivity contribution in [1.29, 1.82) is 0 Å². The van der Waals surface area contributed by atoms with E-state index in [0.29, 0.717) is 24.2 Å². The third-order valence-corrected chi connectivity index (χ3v) is 6.30. The molecule has 0 aliphatic carbocycles. The van der Waals surface area contributed by atoms with Crippen LogP contribution in [0.4, 0.5) is 11.4 Å². The Bertz CT molecular complexity index is 895. The SMILES string of the molecule is Cc1cc(C)c(NC(=O)c2ccc(N3CCCS3(=O)=O)cc2)c(C)c1. The number of benzene rings is 2. The highest BCUT2D eigenvalue weighted by molar-refractivity contribution is 7.93. The first kappa shape index (κ1) is 17.5. The van der Waals surface area contributed by atoms with Gasteiger partial charge in [-0.05, 0) is 62.6 Å². The standard InChI is InChI=1S/C19H22N2O3S/c1-13-11-14(2)18(15(3)12-13)20-19(22)16-5-7-17(8-6-16)21-9-4-10-25(21,23)24/h5-8,11-12H,4,9-10H2,1-3H3,(H,20,22). The molecule has 0 atom stereocenters. The van der Waals surface area contributed by atoms with Crippen LogP contribution in [0.25, 0.3) is 0 Å². The number of hydrogen-bond acceptors (Lipinski definition) is 3. The van der Waals surface area contributed by atoms with Crippen molar-refractivity contribution >= 4 is 27.3 Å². The molecule has 2 aromatic rings. The molecule has 0 spiro atoms. The summed E-state index contributed by atoms with van der Waals surface area (Å²) < 4.78 is 25.3. The molecule has 25 heavy (non-hydrogen) atoms.